The van der Waals surface area contributed by atoms with Crippen LogP contribution in [0.25, 0.3) is 11.2 Å². The Morgan fingerprint density at radius 1 is 1.75 bits per heavy atom. The maximum Gasteiger partial charge on any atom is 0.179 e. The van der Waals surface area contributed by atoms with Crippen molar-refractivity contribution in [3.8, 4) is 0 Å². The number of nitrogens with zero attached hydrogens (tertiary/aromatic N) is 2. The van der Waals surface area contributed by atoms with Crippen LogP contribution in [0.5, 0.6) is 0 Å². The maximum absolute atomic E-state index is 5.30. The Labute approximate surface area is 107 Å². The lowest BCUT2D eigenvalue weighted by atomic mass is 10.2. The smallest absolute Gasteiger partial charge is 0.179 e. The molecule has 3 nitrogen and oxygen atoms in total. The van der Waals surface area contributed by atoms with E-state index < -0.39 is 0 Å². The van der Waals surface area contributed by atoms with Crippen LogP contribution in [0, 0.1) is 4.77 Å². The van der Waals surface area contributed by atoms with E-state index in [1.165, 1.54) is 0 Å². The highest BCUT2D eigenvalue weighted by Gasteiger charge is 2.11. The second-order valence-electron chi connectivity index (χ2n) is 3.70. The number of imidazole rings is 1. The summed E-state index contributed by atoms with van der Waals surface area (Å²) in [7, 11) is 0. The van der Waals surface area contributed by atoms with Gasteiger partial charge in [-0.15, -0.1) is 6.58 Å². The van der Waals surface area contributed by atoms with Crippen LogP contribution >= 0.6 is 28.1 Å². The SMILES string of the molecule is C=CCC(C)n1c(=S)[nH]c2cc(Br)cnc21. The molecule has 0 amide bonds. The van der Waals surface area contributed by atoms with E-state index in [9.17, 15) is 0 Å². The molecule has 2 rings (SSSR count). The number of halogens is 1. The first-order valence-electron chi connectivity index (χ1n) is 5.00. The summed E-state index contributed by atoms with van der Waals surface area (Å²) in [6.45, 7) is 5.85. The van der Waals surface area contributed by atoms with Crippen LogP contribution in [-0.2, 0) is 0 Å². The quantitative estimate of drug-likeness (QED) is 0.686. The summed E-state index contributed by atoms with van der Waals surface area (Å²) in [6.07, 6.45) is 4.55. The zero-order chi connectivity index (χ0) is 11.7. The molecule has 2 aromatic rings. The number of hydrogen-bond donors (Lipinski definition) is 1. The summed E-state index contributed by atoms with van der Waals surface area (Å²) >= 11 is 8.70. The van der Waals surface area contributed by atoms with Crippen LogP contribution < -0.4 is 0 Å². The summed E-state index contributed by atoms with van der Waals surface area (Å²) < 4.78 is 3.67. The van der Waals surface area contributed by atoms with Gasteiger partial charge in [0.15, 0.2) is 10.4 Å². The molecule has 0 aromatic carbocycles. The summed E-state index contributed by atoms with van der Waals surface area (Å²) in [4.78, 5) is 7.55. The van der Waals surface area contributed by atoms with Gasteiger partial charge in [0.2, 0.25) is 0 Å². The molecule has 0 aliphatic rings. The van der Waals surface area contributed by atoms with Crippen LogP contribution in [0.1, 0.15) is 19.4 Å². The van der Waals surface area contributed by atoms with E-state index in [2.05, 4.69) is 39.4 Å². The second-order valence-corrected chi connectivity index (χ2v) is 5.00. The minimum Gasteiger partial charge on any atom is -0.329 e. The van der Waals surface area contributed by atoms with Gasteiger partial charge in [0.05, 0.1) is 5.52 Å². The highest BCUT2D eigenvalue weighted by molar-refractivity contribution is 9.10. The fraction of sp³-hybridized carbons (Fsp3) is 0.273. The summed E-state index contributed by atoms with van der Waals surface area (Å²) in [5.74, 6) is 0. The zero-order valence-corrected chi connectivity index (χ0v) is 11.3. The Bertz CT molecular complexity index is 584. The van der Waals surface area contributed by atoms with Gasteiger partial charge < -0.3 is 4.98 Å². The monoisotopic (exact) mass is 297 g/mol. The standard InChI is InChI=1S/C11H12BrN3S/c1-3-4-7(2)15-10-9(14-11(15)16)5-8(12)6-13-10/h3,5-7H,1,4H2,2H3,(H,14,16). The Morgan fingerprint density at radius 3 is 3.19 bits per heavy atom. The minimum atomic E-state index is 0.271. The predicted octanol–water partition coefficient (Wildman–Crippen LogP) is 3.99. The molecule has 0 aliphatic carbocycles. The Hall–Kier alpha value is -0.940. The molecular formula is C11H12BrN3S. The highest BCUT2D eigenvalue weighted by Crippen LogP contribution is 2.21. The Kier molecular flexibility index (Phi) is 3.25. The van der Waals surface area contributed by atoms with Gasteiger partial charge in [0.1, 0.15) is 0 Å². The molecular weight excluding hydrogens is 286 g/mol. The molecule has 84 valence electrons. The van der Waals surface area contributed by atoms with Crippen molar-refractivity contribution in [3.05, 3.63) is 34.2 Å². The topological polar surface area (TPSA) is 33.6 Å². The Morgan fingerprint density at radius 2 is 2.50 bits per heavy atom. The third-order valence-corrected chi connectivity index (χ3v) is 3.20. The van der Waals surface area contributed by atoms with Crippen molar-refractivity contribution in [1.29, 1.82) is 0 Å². The third kappa shape index (κ3) is 1.97. The lowest BCUT2D eigenvalue weighted by molar-refractivity contribution is 0.560. The minimum absolute atomic E-state index is 0.271. The van der Waals surface area contributed by atoms with Gasteiger partial charge in [0.25, 0.3) is 0 Å². The van der Waals surface area contributed by atoms with Gasteiger partial charge in [-0.3, -0.25) is 4.57 Å². The lowest BCUT2D eigenvalue weighted by Crippen LogP contribution is -2.04. The van der Waals surface area contributed by atoms with Crippen LogP contribution in [-0.4, -0.2) is 14.5 Å². The molecule has 1 N–H and O–H groups in total. The molecule has 0 saturated heterocycles. The van der Waals surface area contributed by atoms with Crippen molar-refractivity contribution >= 4 is 39.3 Å². The first-order chi connectivity index (χ1) is 7.63. The second kappa shape index (κ2) is 4.51. The number of pyridine rings is 1. The van der Waals surface area contributed by atoms with E-state index in [0.717, 1.165) is 22.1 Å². The van der Waals surface area contributed by atoms with Crippen LogP contribution in [0.2, 0.25) is 0 Å². The Balaban J connectivity index is 2.64. The fourth-order valence-electron chi connectivity index (χ4n) is 1.74. The molecule has 2 aromatic heterocycles. The van der Waals surface area contributed by atoms with Crippen molar-refractivity contribution in [2.45, 2.75) is 19.4 Å². The van der Waals surface area contributed by atoms with Crippen molar-refractivity contribution in [2.75, 3.05) is 0 Å². The van der Waals surface area contributed by atoms with E-state index in [0.29, 0.717) is 4.77 Å². The summed E-state index contributed by atoms with van der Waals surface area (Å²) in [5, 5.41) is 0. The first-order valence-corrected chi connectivity index (χ1v) is 6.20. The number of allylic oxidation sites excluding steroid dienone is 1. The number of hydrogen-bond acceptors (Lipinski definition) is 2. The number of aromatic amines is 1. The van der Waals surface area contributed by atoms with E-state index >= 15 is 0 Å². The zero-order valence-electron chi connectivity index (χ0n) is 8.90. The average molecular weight is 298 g/mol. The third-order valence-electron chi connectivity index (χ3n) is 2.47. The molecule has 0 saturated carbocycles. The average Bonchev–Trinajstić information content (AvgIpc) is 2.53. The van der Waals surface area contributed by atoms with Crippen LogP contribution in [0.4, 0.5) is 0 Å². The lowest BCUT2D eigenvalue weighted by Gasteiger charge is -2.11. The van der Waals surface area contributed by atoms with E-state index in [1.807, 2.05) is 16.7 Å². The van der Waals surface area contributed by atoms with E-state index in [4.69, 9.17) is 12.2 Å². The van der Waals surface area contributed by atoms with Gasteiger partial charge in [0, 0.05) is 16.7 Å². The number of H-pyrrole nitrogens is 1. The van der Waals surface area contributed by atoms with Crippen molar-refractivity contribution < 1.29 is 0 Å². The van der Waals surface area contributed by atoms with E-state index in [1.54, 1.807) is 6.20 Å². The van der Waals surface area contributed by atoms with E-state index in [-0.39, 0.29) is 6.04 Å². The molecule has 0 radical (unpaired) electrons. The van der Waals surface area contributed by atoms with Gasteiger partial charge >= 0.3 is 0 Å². The summed E-state index contributed by atoms with van der Waals surface area (Å²) in [6, 6.07) is 2.25. The van der Waals surface area contributed by atoms with Crippen LogP contribution in [0.15, 0.2) is 29.4 Å². The van der Waals surface area contributed by atoms with Crippen molar-refractivity contribution in [3.63, 3.8) is 0 Å². The normalized spacial score (nSPS) is 12.9. The molecule has 5 heteroatoms. The summed E-state index contributed by atoms with van der Waals surface area (Å²) in [5.41, 5.74) is 1.85. The number of fused-ring (bicyclic) bond motifs is 1. The van der Waals surface area contributed by atoms with Gasteiger partial charge in [-0.25, -0.2) is 4.98 Å². The van der Waals surface area contributed by atoms with Crippen molar-refractivity contribution in [1.82, 2.24) is 14.5 Å². The molecule has 2 heterocycles. The first kappa shape index (κ1) is 11.5. The molecule has 0 spiro atoms. The predicted molar refractivity (Wildman–Crippen MR) is 72.1 cm³/mol. The van der Waals surface area contributed by atoms with Crippen molar-refractivity contribution in [2.24, 2.45) is 0 Å². The van der Waals surface area contributed by atoms with Gasteiger partial charge in [-0.2, -0.15) is 0 Å². The molecule has 16 heavy (non-hydrogen) atoms. The number of nitrogens with one attached hydrogen (secondary N) is 1. The number of aromatic nitrogens is 3. The molecule has 1 unspecified atom stereocenters. The van der Waals surface area contributed by atoms with Gasteiger partial charge in [-0.1, -0.05) is 6.08 Å². The fourth-order valence-corrected chi connectivity index (χ4v) is 2.45. The van der Waals surface area contributed by atoms with Crippen LogP contribution in [0.3, 0.4) is 0 Å². The molecule has 0 aliphatic heterocycles. The highest BCUT2D eigenvalue weighted by atomic mass is 79.9. The molecule has 0 bridgehead atoms. The number of rotatable bonds is 3. The largest absolute Gasteiger partial charge is 0.329 e. The molecule has 0 fully saturated rings. The maximum atomic E-state index is 5.30. The van der Waals surface area contributed by atoms with Gasteiger partial charge in [-0.05, 0) is 47.6 Å². The molecule has 1 atom stereocenters.